The summed E-state index contributed by atoms with van der Waals surface area (Å²) < 4.78 is 0.387. The Morgan fingerprint density at radius 1 is 1.89 bits per heavy atom. The van der Waals surface area contributed by atoms with Crippen LogP contribution in [-0.4, -0.2) is 15.1 Å². The number of H-pyrrole nitrogens is 1. The van der Waals surface area contributed by atoms with Gasteiger partial charge in [-0.25, -0.2) is 0 Å². The second-order valence-electron chi connectivity index (χ2n) is 1.32. The molecule has 0 saturated carbocycles. The number of nitrogens with zero attached hydrogens (tertiary/aromatic N) is 2. The highest BCUT2D eigenvalue weighted by Gasteiger charge is 2.12. The van der Waals surface area contributed by atoms with Crippen LogP contribution < -0.4 is 0 Å². The van der Waals surface area contributed by atoms with Crippen molar-refractivity contribution in [3.05, 3.63) is 20.0 Å². The van der Waals surface area contributed by atoms with E-state index in [0.717, 1.165) is 0 Å². The lowest BCUT2D eigenvalue weighted by molar-refractivity contribution is -0.385. The summed E-state index contributed by atoms with van der Waals surface area (Å²) in [4.78, 5) is 9.54. The fourth-order valence-corrected chi connectivity index (χ4v) is 0.887. The Morgan fingerprint density at radius 2 is 2.56 bits per heavy atom. The molecule has 5 nitrogen and oxygen atoms in total. The quantitative estimate of drug-likeness (QED) is 0.450. The molecule has 1 rings (SSSR count). The number of nitro groups is 1. The first-order chi connectivity index (χ1) is 4.22. The van der Waals surface area contributed by atoms with Gasteiger partial charge in [0.05, 0.1) is 4.92 Å². The van der Waals surface area contributed by atoms with E-state index in [9.17, 15) is 10.1 Å². The van der Waals surface area contributed by atoms with Gasteiger partial charge < -0.3 is 0 Å². The number of aromatic amines is 1. The van der Waals surface area contributed by atoms with E-state index in [-0.39, 0.29) is 5.69 Å². The smallest absolute Gasteiger partial charge is 0.277 e. The van der Waals surface area contributed by atoms with Crippen molar-refractivity contribution in [2.75, 3.05) is 0 Å². The minimum Gasteiger partial charge on any atom is -0.277 e. The van der Waals surface area contributed by atoms with Gasteiger partial charge in [-0.05, 0) is 22.6 Å². The van der Waals surface area contributed by atoms with Gasteiger partial charge in [-0.15, -0.1) is 0 Å². The van der Waals surface area contributed by atoms with Crippen LogP contribution in [-0.2, 0) is 0 Å². The van der Waals surface area contributed by atoms with Crippen LogP contribution in [0.2, 0.25) is 0 Å². The highest BCUT2D eigenvalue weighted by molar-refractivity contribution is 14.1. The Balaban J connectivity index is 3.08. The van der Waals surface area contributed by atoms with Crippen LogP contribution in [0.3, 0.4) is 0 Å². The number of hydrogen-bond acceptors (Lipinski definition) is 3. The van der Waals surface area contributed by atoms with Gasteiger partial charge in [0.1, 0.15) is 6.20 Å². The van der Waals surface area contributed by atoms with E-state index in [1.165, 1.54) is 6.20 Å². The molecule has 9 heavy (non-hydrogen) atoms. The third-order valence-corrected chi connectivity index (χ3v) is 1.57. The summed E-state index contributed by atoms with van der Waals surface area (Å²) in [6.45, 7) is 0. The van der Waals surface area contributed by atoms with Crippen molar-refractivity contribution in [3.8, 4) is 0 Å². The lowest BCUT2D eigenvalue weighted by Gasteiger charge is -1.80. The van der Waals surface area contributed by atoms with E-state index in [1.807, 2.05) is 0 Å². The lowest BCUT2D eigenvalue weighted by atomic mass is 10.6. The first-order valence-corrected chi connectivity index (χ1v) is 3.13. The number of halogens is 1. The average Bonchev–Trinajstić information content (AvgIpc) is 2.13. The fraction of sp³-hybridized carbons (Fsp3) is 0. The molecule has 0 atom stereocenters. The van der Waals surface area contributed by atoms with Crippen LogP contribution in [0, 0.1) is 13.8 Å². The first-order valence-electron chi connectivity index (χ1n) is 2.05. The summed E-state index contributed by atoms with van der Waals surface area (Å²) in [6, 6.07) is 0. The Hall–Kier alpha value is -0.660. The van der Waals surface area contributed by atoms with Crippen molar-refractivity contribution in [2.45, 2.75) is 0 Å². The third-order valence-electron chi connectivity index (χ3n) is 0.772. The largest absolute Gasteiger partial charge is 0.320 e. The van der Waals surface area contributed by atoms with E-state index in [1.54, 1.807) is 22.6 Å². The molecule has 0 bridgehead atoms. The highest BCUT2D eigenvalue weighted by atomic mass is 127. The van der Waals surface area contributed by atoms with Crippen molar-refractivity contribution in [3.63, 3.8) is 0 Å². The topological polar surface area (TPSA) is 71.8 Å². The molecule has 1 N–H and O–H groups in total. The van der Waals surface area contributed by atoms with E-state index >= 15 is 0 Å². The zero-order chi connectivity index (χ0) is 6.85. The normalized spacial score (nSPS) is 9.44. The van der Waals surface area contributed by atoms with Gasteiger partial charge in [-0.1, -0.05) is 0 Å². The predicted octanol–water partition coefficient (Wildman–Crippen LogP) is 0.922. The van der Waals surface area contributed by atoms with E-state index in [0.29, 0.717) is 3.70 Å². The molecule has 0 aromatic carbocycles. The summed E-state index contributed by atoms with van der Waals surface area (Å²) in [5.74, 6) is 0. The molecule has 0 radical (unpaired) electrons. The Morgan fingerprint density at radius 3 is 2.78 bits per heavy atom. The van der Waals surface area contributed by atoms with Gasteiger partial charge in [0.25, 0.3) is 0 Å². The minimum absolute atomic E-state index is 0.0237. The van der Waals surface area contributed by atoms with Crippen LogP contribution >= 0.6 is 22.6 Å². The van der Waals surface area contributed by atoms with Gasteiger partial charge in [0.15, 0.2) is 3.70 Å². The summed E-state index contributed by atoms with van der Waals surface area (Å²) in [6.07, 6.45) is 1.25. The Bertz CT molecular complexity index is 233. The molecule has 0 spiro atoms. The van der Waals surface area contributed by atoms with Gasteiger partial charge in [-0.2, -0.15) is 5.10 Å². The van der Waals surface area contributed by atoms with Crippen molar-refractivity contribution in [2.24, 2.45) is 0 Å². The van der Waals surface area contributed by atoms with E-state index in [2.05, 4.69) is 10.2 Å². The van der Waals surface area contributed by atoms with Crippen molar-refractivity contribution in [1.82, 2.24) is 10.2 Å². The summed E-state index contributed by atoms with van der Waals surface area (Å²) in [7, 11) is 0. The molecule has 0 aliphatic carbocycles. The van der Waals surface area contributed by atoms with Gasteiger partial charge in [-0.3, -0.25) is 15.2 Å². The van der Waals surface area contributed by atoms with Crippen molar-refractivity contribution in [1.29, 1.82) is 0 Å². The van der Waals surface area contributed by atoms with Crippen LogP contribution in [0.25, 0.3) is 0 Å². The standard InChI is InChI=1S/C3H2IN3O2/c4-3-2(7(8)9)1-5-6-3/h1H,(H,5,6). The molecule has 0 amide bonds. The summed E-state index contributed by atoms with van der Waals surface area (Å²) >= 11 is 1.79. The molecule has 1 aromatic rings. The monoisotopic (exact) mass is 239 g/mol. The summed E-state index contributed by atoms with van der Waals surface area (Å²) in [5, 5.41) is 16.0. The van der Waals surface area contributed by atoms with Crippen molar-refractivity contribution < 1.29 is 4.92 Å². The molecule has 6 heteroatoms. The van der Waals surface area contributed by atoms with Crippen LogP contribution in [0.4, 0.5) is 5.69 Å². The molecule has 48 valence electrons. The summed E-state index contributed by atoms with van der Waals surface area (Å²) in [5.41, 5.74) is 0.0237. The average molecular weight is 239 g/mol. The predicted molar refractivity (Wildman–Crippen MR) is 38.0 cm³/mol. The van der Waals surface area contributed by atoms with Gasteiger partial charge >= 0.3 is 5.69 Å². The second kappa shape index (κ2) is 2.29. The molecule has 1 heterocycles. The third kappa shape index (κ3) is 1.18. The molecular formula is C3H2IN3O2. The first kappa shape index (κ1) is 6.46. The SMILES string of the molecule is O=[N+]([O-])c1c[nH]nc1I. The maximum atomic E-state index is 10.0. The highest BCUT2D eigenvalue weighted by Crippen LogP contribution is 2.15. The lowest BCUT2D eigenvalue weighted by Crippen LogP contribution is -1.86. The number of aromatic nitrogens is 2. The fourth-order valence-electron chi connectivity index (χ4n) is 0.395. The van der Waals surface area contributed by atoms with Gasteiger partial charge in [0.2, 0.25) is 0 Å². The molecule has 0 aliphatic rings. The minimum atomic E-state index is -0.481. The molecular weight excluding hydrogens is 237 g/mol. The maximum Gasteiger partial charge on any atom is 0.320 e. The van der Waals surface area contributed by atoms with E-state index in [4.69, 9.17) is 0 Å². The molecule has 1 aromatic heterocycles. The number of nitrogens with one attached hydrogen (secondary N) is 1. The maximum absolute atomic E-state index is 10.0. The molecule has 0 fully saturated rings. The molecule has 0 saturated heterocycles. The number of hydrogen-bond donors (Lipinski definition) is 1. The van der Waals surface area contributed by atoms with Crippen LogP contribution in [0.1, 0.15) is 0 Å². The van der Waals surface area contributed by atoms with Gasteiger partial charge in [0, 0.05) is 0 Å². The Labute approximate surface area is 63.7 Å². The second-order valence-corrected chi connectivity index (χ2v) is 2.34. The van der Waals surface area contributed by atoms with Crippen LogP contribution in [0.5, 0.6) is 0 Å². The number of rotatable bonds is 1. The Kier molecular flexibility index (Phi) is 1.65. The zero-order valence-corrected chi connectivity index (χ0v) is 6.32. The van der Waals surface area contributed by atoms with Crippen molar-refractivity contribution >= 4 is 28.3 Å². The van der Waals surface area contributed by atoms with E-state index < -0.39 is 4.92 Å². The van der Waals surface area contributed by atoms with Crippen LogP contribution in [0.15, 0.2) is 6.20 Å². The molecule has 0 aliphatic heterocycles. The zero-order valence-electron chi connectivity index (χ0n) is 4.17. The molecule has 0 unspecified atom stereocenters.